The summed E-state index contributed by atoms with van der Waals surface area (Å²) in [5.74, 6) is 0.179. The summed E-state index contributed by atoms with van der Waals surface area (Å²) in [7, 11) is -2.18. The van der Waals surface area contributed by atoms with Crippen molar-refractivity contribution in [3.05, 3.63) is 100 Å². The monoisotopic (exact) mass is 514 g/mol. The van der Waals surface area contributed by atoms with Crippen molar-refractivity contribution >= 4 is 44.9 Å². The van der Waals surface area contributed by atoms with E-state index >= 15 is 0 Å². The second-order valence-electron chi connectivity index (χ2n) is 7.87. The Labute approximate surface area is 210 Å². The van der Waals surface area contributed by atoms with Gasteiger partial charge in [-0.1, -0.05) is 65.7 Å². The van der Waals surface area contributed by atoms with Gasteiger partial charge in [-0.25, -0.2) is 5.01 Å². The van der Waals surface area contributed by atoms with Crippen LogP contribution in [0, 0.1) is 0 Å². The Morgan fingerprint density at radius 2 is 1.59 bits per heavy atom. The smallest absolute Gasteiger partial charge is 0.285 e. The number of guanidine groups is 1. The van der Waals surface area contributed by atoms with Gasteiger partial charge in [0.25, 0.3) is 10.0 Å². The third-order valence-electron chi connectivity index (χ3n) is 5.62. The van der Waals surface area contributed by atoms with Crippen LogP contribution < -0.4 is 0 Å². The fraction of sp³-hybridized carbons (Fsp3) is 0.200. The molecule has 0 aliphatic carbocycles. The highest BCUT2D eigenvalue weighted by molar-refractivity contribution is 7.90. The molecule has 0 bridgehead atoms. The Hall–Kier alpha value is -2.87. The fourth-order valence-corrected chi connectivity index (χ4v) is 4.96. The number of rotatable bonds is 5. The lowest BCUT2D eigenvalue weighted by molar-refractivity contribution is 0.382. The molecule has 1 aliphatic heterocycles. The number of benzene rings is 3. The van der Waals surface area contributed by atoms with Gasteiger partial charge in [0.15, 0.2) is 0 Å². The number of sulfonamides is 1. The maximum absolute atomic E-state index is 13.1. The molecule has 0 N–H and O–H groups in total. The van der Waals surface area contributed by atoms with Gasteiger partial charge in [0.05, 0.1) is 17.2 Å². The van der Waals surface area contributed by atoms with Gasteiger partial charge in [0.1, 0.15) is 0 Å². The Bertz CT molecular complexity index is 1310. The van der Waals surface area contributed by atoms with Gasteiger partial charge in [-0.3, -0.25) is 0 Å². The van der Waals surface area contributed by atoms with Gasteiger partial charge >= 0.3 is 0 Å². The molecular formula is C25H24Cl2N4O2S. The molecule has 34 heavy (non-hydrogen) atoms. The highest BCUT2D eigenvalue weighted by Gasteiger charge is 2.33. The molecule has 176 valence electrons. The summed E-state index contributed by atoms with van der Waals surface area (Å²) in [4.78, 5) is 1.84. The second-order valence-corrected chi connectivity index (χ2v) is 10.3. The Morgan fingerprint density at radius 1 is 1.00 bits per heavy atom. The zero-order chi connectivity index (χ0) is 24.3. The van der Waals surface area contributed by atoms with Crippen LogP contribution >= 0.6 is 23.2 Å². The number of halogens is 2. The number of nitrogens with zero attached hydrogens (tertiary/aromatic N) is 4. The first-order valence-corrected chi connectivity index (χ1v) is 13.0. The predicted molar refractivity (Wildman–Crippen MR) is 138 cm³/mol. The zero-order valence-electron chi connectivity index (χ0n) is 18.8. The highest BCUT2D eigenvalue weighted by atomic mass is 35.5. The van der Waals surface area contributed by atoms with E-state index in [1.807, 2.05) is 61.5 Å². The van der Waals surface area contributed by atoms with Crippen molar-refractivity contribution < 1.29 is 8.42 Å². The van der Waals surface area contributed by atoms with E-state index in [4.69, 9.17) is 28.3 Å². The summed E-state index contributed by atoms with van der Waals surface area (Å²) in [5.41, 5.74) is 2.82. The Kier molecular flexibility index (Phi) is 7.26. The second kappa shape index (κ2) is 10.2. The molecule has 0 amide bonds. The van der Waals surface area contributed by atoms with E-state index in [0.29, 0.717) is 23.1 Å². The van der Waals surface area contributed by atoms with E-state index in [2.05, 4.69) is 4.40 Å². The van der Waals surface area contributed by atoms with Crippen LogP contribution in [-0.4, -0.2) is 50.1 Å². The minimum atomic E-state index is -3.98. The van der Waals surface area contributed by atoms with Crippen LogP contribution in [0.1, 0.15) is 24.0 Å². The largest absolute Gasteiger partial charge is 0.344 e. The van der Waals surface area contributed by atoms with Gasteiger partial charge in [0, 0.05) is 29.6 Å². The Morgan fingerprint density at radius 3 is 2.18 bits per heavy atom. The van der Waals surface area contributed by atoms with E-state index in [1.54, 1.807) is 17.0 Å². The van der Waals surface area contributed by atoms with E-state index in [9.17, 15) is 8.42 Å². The molecule has 0 radical (unpaired) electrons. The van der Waals surface area contributed by atoms with Crippen LogP contribution in [0.15, 0.2) is 93.3 Å². The fourth-order valence-electron chi connectivity index (χ4n) is 3.68. The minimum Gasteiger partial charge on any atom is -0.344 e. The lowest BCUT2D eigenvalue weighted by atomic mass is 9.91. The molecule has 6 nitrogen and oxygen atoms in total. The van der Waals surface area contributed by atoms with Crippen molar-refractivity contribution in [2.24, 2.45) is 9.50 Å². The maximum Gasteiger partial charge on any atom is 0.285 e. The average Bonchev–Trinajstić information content (AvgIpc) is 3.28. The van der Waals surface area contributed by atoms with Crippen molar-refractivity contribution in [3.63, 3.8) is 0 Å². The Balaban J connectivity index is 1.79. The normalized spacial score (nSPS) is 16.5. The van der Waals surface area contributed by atoms with Crippen molar-refractivity contribution in [1.29, 1.82) is 0 Å². The first-order chi connectivity index (χ1) is 16.3. The molecule has 0 saturated carbocycles. The molecule has 1 atom stereocenters. The molecule has 0 spiro atoms. The topological polar surface area (TPSA) is 65.3 Å². The standard InChI is InChI=1S/C25H24Cl2N4O2S/c1-3-30(2)25(29-34(32,33)22-15-13-21(27)14-16-22)31-17-23(18-7-5-4-6-8-18)24(28-31)19-9-11-20(26)12-10-19/h4-16,23H,3,17H2,1-2H3/b29-25+. The van der Waals surface area contributed by atoms with Crippen LogP contribution in [0.2, 0.25) is 10.0 Å². The number of hydrazone groups is 1. The van der Waals surface area contributed by atoms with Crippen molar-refractivity contribution in [2.75, 3.05) is 20.1 Å². The molecule has 9 heteroatoms. The first-order valence-electron chi connectivity index (χ1n) is 10.8. The van der Waals surface area contributed by atoms with Crippen molar-refractivity contribution in [2.45, 2.75) is 17.7 Å². The molecule has 0 fully saturated rings. The molecule has 1 heterocycles. The molecule has 3 aromatic rings. The highest BCUT2D eigenvalue weighted by Crippen LogP contribution is 2.30. The van der Waals surface area contributed by atoms with E-state index in [1.165, 1.54) is 24.3 Å². The van der Waals surface area contributed by atoms with E-state index < -0.39 is 10.0 Å². The zero-order valence-corrected chi connectivity index (χ0v) is 21.1. The predicted octanol–water partition coefficient (Wildman–Crippen LogP) is 5.49. The van der Waals surface area contributed by atoms with Gasteiger partial charge in [0.2, 0.25) is 5.96 Å². The molecule has 4 rings (SSSR count). The average molecular weight is 515 g/mol. The first kappa shape index (κ1) is 24.3. The van der Waals surface area contributed by atoms with Gasteiger partial charge in [-0.2, -0.15) is 13.5 Å². The van der Waals surface area contributed by atoms with Crippen molar-refractivity contribution in [1.82, 2.24) is 9.91 Å². The van der Waals surface area contributed by atoms with E-state index in [0.717, 1.165) is 16.8 Å². The van der Waals surface area contributed by atoms with Gasteiger partial charge in [-0.15, -0.1) is 4.40 Å². The van der Waals surface area contributed by atoms with Crippen LogP contribution in [0.3, 0.4) is 0 Å². The van der Waals surface area contributed by atoms with Gasteiger partial charge < -0.3 is 4.90 Å². The van der Waals surface area contributed by atoms with Crippen molar-refractivity contribution in [3.8, 4) is 0 Å². The SMILES string of the molecule is CCN(C)/C(=N\S(=O)(=O)c1ccc(Cl)cc1)N1CC(c2ccccc2)C(c2ccc(Cl)cc2)=N1. The molecule has 0 saturated heterocycles. The lowest BCUT2D eigenvalue weighted by Gasteiger charge is -2.25. The molecule has 1 unspecified atom stereocenters. The summed E-state index contributed by atoms with van der Waals surface area (Å²) in [5, 5.41) is 7.61. The summed E-state index contributed by atoms with van der Waals surface area (Å²) >= 11 is 12.0. The summed E-state index contributed by atoms with van der Waals surface area (Å²) in [6.45, 7) is 2.92. The van der Waals surface area contributed by atoms with Crippen LogP contribution in [0.25, 0.3) is 0 Å². The minimum absolute atomic E-state index is 0.0691. The van der Waals surface area contributed by atoms with Crippen LogP contribution in [0.4, 0.5) is 0 Å². The molecule has 3 aromatic carbocycles. The van der Waals surface area contributed by atoms with Crippen LogP contribution in [0.5, 0.6) is 0 Å². The summed E-state index contributed by atoms with van der Waals surface area (Å²) < 4.78 is 30.4. The van der Waals surface area contributed by atoms with Gasteiger partial charge in [-0.05, 0) is 54.4 Å². The van der Waals surface area contributed by atoms with E-state index in [-0.39, 0.29) is 16.8 Å². The maximum atomic E-state index is 13.1. The quantitative estimate of drug-likeness (QED) is 0.333. The third-order valence-corrected chi connectivity index (χ3v) is 7.39. The number of hydrogen-bond acceptors (Lipinski definition) is 3. The lowest BCUT2D eigenvalue weighted by Crippen LogP contribution is -2.39. The molecule has 0 aromatic heterocycles. The third kappa shape index (κ3) is 5.27. The molecular weight excluding hydrogens is 491 g/mol. The number of hydrogen-bond donors (Lipinski definition) is 0. The van der Waals surface area contributed by atoms with Crippen LogP contribution in [-0.2, 0) is 10.0 Å². The summed E-state index contributed by atoms with van der Waals surface area (Å²) in [6, 6.07) is 23.5. The molecule has 1 aliphatic rings. The summed E-state index contributed by atoms with van der Waals surface area (Å²) in [6.07, 6.45) is 0.